The molecule has 1 saturated heterocycles. The maximum absolute atomic E-state index is 12.2. The van der Waals surface area contributed by atoms with E-state index in [0.717, 1.165) is 11.1 Å². The Bertz CT molecular complexity index is 596. The van der Waals surface area contributed by atoms with E-state index in [1.807, 2.05) is 0 Å². The highest BCUT2D eigenvalue weighted by Gasteiger charge is 2.34. The number of pyridine rings is 1. The lowest BCUT2D eigenvalue weighted by atomic mass is 10.1. The van der Waals surface area contributed by atoms with Crippen LogP contribution in [0.2, 0.25) is 0 Å². The van der Waals surface area contributed by atoms with Crippen LogP contribution in [-0.4, -0.2) is 51.3 Å². The number of aromatic nitrogens is 1. The molecule has 2 heterocycles. The molecule has 8 nitrogen and oxygen atoms in total. The molecule has 2 N–H and O–H groups in total. The SMILES string of the molecule is CC1C(=O)NC(=O)CN1C(=O)c1ccc(C(=O)O)cn1. The maximum Gasteiger partial charge on any atom is 0.337 e. The van der Waals surface area contributed by atoms with Gasteiger partial charge in [0.2, 0.25) is 11.8 Å². The summed E-state index contributed by atoms with van der Waals surface area (Å²) in [7, 11) is 0. The molecule has 0 saturated carbocycles. The first-order valence-corrected chi connectivity index (χ1v) is 5.74. The minimum Gasteiger partial charge on any atom is -0.478 e. The first kappa shape index (κ1) is 13.7. The molecular weight excluding hydrogens is 266 g/mol. The van der Waals surface area contributed by atoms with Crippen molar-refractivity contribution in [1.29, 1.82) is 0 Å². The highest BCUT2D eigenvalue weighted by atomic mass is 16.4. The minimum absolute atomic E-state index is 0.0237. The molecule has 1 aromatic rings. The van der Waals surface area contributed by atoms with Crippen LogP contribution in [0, 0.1) is 0 Å². The Morgan fingerprint density at radius 2 is 2.10 bits per heavy atom. The smallest absolute Gasteiger partial charge is 0.337 e. The Balaban J connectivity index is 2.23. The van der Waals surface area contributed by atoms with Crippen LogP contribution in [0.3, 0.4) is 0 Å². The van der Waals surface area contributed by atoms with E-state index in [0.29, 0.717) is 0 Å². The summed E-state index contributed by atoms with van der Waals surface area (Å²) in [5, 5.41) is 10.9. The van der Waals surface area contributed by atoms with Crippen LogP contribution in [-0.2, 0) is 9.59 Å². The van der Waals surface area contributed by atoms with Gasteiger partial charge in [0, 0.05) is 6.20 Å². The quantitative estimate of drug-likeness (QED) is 0.688. The van der Waals surface area contributed by atoms with Crippen LogP contribution in [0.15, 0.2) is 18.3 Å². The fourth-order valence-electron chi connectivity index (χ4n) is 1.76. The summed E-state index contributed by atoms with van der Waals surface area (Å²) in [5.74, 6) is -2.88. The third kappa shape index (κ3) is 2.48. The van der Waals surface area contributed by atoms with Crippen LogP contribution in [0.1, 0.15) is 27.8 Å². The Morgan fingerprint density at radius 3 is 2.65 bits per heavy atom. The molecule has 1 fully saturated rings. The second kappa shape index (κ2) is 5.08. The van der Waals surface area contributed by atoms with Gasteiger partial charge in [-0.15, -0.1) is 0 Å². The van der Waals surface area contributed by atoms with Crippen molar-refractivity contribution < 1.29 is 24.3 Å². The third-order valence-corrected chi connectivity index (χ3v) is 2.91. The average Bonchev–Trinajstić information content (AvgIpc) is 2.42. The van der Waals surface area contributed by atoms with E-state index in [2.05, 4.69) is 10.3 Å². The third-order valence-electron chi connectivity index (χ3n) is 2.91. The van der Waals surface area contributed by atoms with Gasteiger partial charge in [-0.2, -0.15) is 0 Å². The largest absolute Gasteiger partial charge is 0.478 e. The van der Waals surface area contributed by atoms with E-state index in [9.17, 15) is 19.2 Å². The van der Waals surface area contributed by atoms with E-state index in [-0.39, 0.29) is 17.8 Å². The van der Waals surface area contributed by atoms with E-state index in [1.54, 1.807) is 0 Å². The van der Waals surface area contributed by atoms with Crippen LogP contribution in [0.5, 0.6) is 0 Å². The van der Waals surface area contributed by atoms with Gasteiger partial charge in [0.05, 0.1) is 5.56 Å². The topological polar surface area (TPSA) is 117 Å². The Morgan fingerprint density at radius 1 is 1.40 bits per heavy atom. The minimum atomic E-state index is -1.16. The number of carboxylic acid groups (broad SMARTS) is 1. The molecular formula is C12H11N3O5. The summed E-state index contributed by atoms with van der Waals surface area (Å²) >= 11 is 0. The summed E-state index contributed by atoms with van der Waals surface area (Å²) in [6.07, 6.45) is 1.05. The molecule has 1 atom stereocenters. The maximum atomic E-state index is 12.2. The molecule has 20 heavy (non-hydrogen) atoms. The normalized spacial score (nSPS) is 18.6. The van der Waals surface area contributed by atoms with Crippen LogP contribution < -0.4 is 5.32 Å². The lowest BCUT2D eigenvalue weighted by Crippen LogP contribution is -2.58. The van der Waals surface area contributed by atoms with Gasteiger partial charge in [0.1, 0.15) is 18.3 Å². The van der Waals surface area contributed by atoms with E-state index in [1.165, 1.54) is 19.1 Å². The van der Waals surface area contributed by atoms with Crippen molar-refractivity contribution in [1.82, 2.24) is 15.2 Å². The molecule has 0 aromatic carbocycles. The lowest BCUT2D eigenvalue weighted by Gasteiger charge is -2.31. The predicted octanol–water partition coefficient (Wildman–Crippen LogP) is -0.733. The first-order chi connectivity index (χ1) is 9.40. The molecule has 8 heteroatoms. The van der Waals surface area contributed by atoms with Gasteiger partial charge in [-0.25, -0.2) is 4.79 Å². The molecule has 0 spiro atoms. The van der Waals surface area contributed by atoms with Gasteiger partial charge in [0.25, 0.3) is 5.91 Å². The summed E-state index contributed by atoms with van der Waals surface area (Å²) in [5.41, 5.74) is -0.0774. The number of hydrogen-bond donors (Lipinski definition) is 2. The Kier molecular flexibility index (Phi) is 3.47. The van der Waals surface area contributed by atoms with Crippen molar-refractivity contribution in [2.24, 2.45) is 0 Å². The molecule has 0 aliphatic carbocycles. The van der Waals surface area contributed by atoms with Crippen LogP contribution in [0.4, 0.5) is 0 Å². The number of rotatable bonds is 2. The summed E-state index contributed by atoms with van der Waals surface area (Å²) in [6.45, 7) is 1.25. The zero-order valence-electron chi connectivity index (χ0n) is 10.5. The first-order valence-electron chi connectivity index (χ1n) is 5.74. The molecule has 1 aliphatic rings. The Labute approximate surface area is 113 Å². The second-order valence-corrected chi connectivity index (χ2v) is 4.26. The van der Waals surface area contributed by atoms with Crippen molar-refractivity contribution in [3.8, 4) is 0 Å². The molecule has 0 radical (unpaired) electrons. The van der Waals surface area contributed by atoms with Gasteiger partial charge in [-0.1, -0.05) is 0 Å². The number of piperazine rings is 1. The van der Waals surface area contributed by atoms with Crippen molar-refractivity contribution in [2.45, 2.75) is 13.0 Å². The van der Waals surface area contributed by atoms with Crippen LogP contribution in [0.25, 0.3) is 0 Å². The molecule has 0 bridgehead atoms. The highest BCUT2D eigenvalue weighted by Crippen LogP contribution is 2.10. The van der Waals surface area contributed by atoms with Gasteiger partial charge in [0.15, 0.2) is 0 Å². The van der Waals surface area contributed by atoms with E-state index < -0.39 is 29.7 Å². The number of amides is 3. The number of aromatic carboxylic acids is 1. The lowest BCUT2D eigenvalue weighted by molar-refractivity contribution is -0.138. The molecule has 2 rings (SSSR count). The standard InChI is InChI=1S/C12H11N3O5/c1-6-10(17)14-9(16)5-15(6)11(18)8-3-2-7(4-13-8)12(19)20/h2-4,6H,5H2,1H3,(H,19,20)(H,14,16,17). The number of carbonyl (C=O) groups is 4. The van der Waals surface area contributed by atoms with Gasteiger partial charge in [-0.05, 0) is 19.1 Å². The monoisotopic (exact) mass is 277 g/mol. The van der Waals surface area contributed by atoms with Crippen LogP contribution >= 0.6 is 0 Å². The molecule has 1 unspecified atom stereocenters. The molecule has 1 aliphatic heterocycles. The molecule has 104 valence electrons. The number of carbonyl (C=O) groups excluding carboxylic acids is 3. The summed E-state index contributed by atoms with van der Waals surface area (Å²) in [6, 6.07) is 1.69. The number of hydrogen-bond acceptors (Lipinski definition) is 5. The number of nitrogens with one attached hydrogen (secondary N) is 1. The fraction of sp³-hybridized carbons (Fsp3) is 0.250. The average molecular weight is 277 g/mol. The van der Waals surface area contributed by atoms with Gasteiger partial charge >= 0.3 is 5.97 Å². The van der Waals surface area contributed by atoms with Crippen molar-refractivity contribution >= 4 is 23.7 Å². The fourth-order valence-corrected chi connectivity index (χ4v) is 1.76. The molecule has 1 aromatic heterocycles. The zero-order chi connectivity index (χ0) is 14.9. The predicted molar refractivity (Wildman–Crippen MR) is 64.8 cm³/mol. The van der Waals surface area contributed by atoms with Crippen molar-refractivity contribution in [2.75, 3.05) is 6.54 Å². The Hall–Kier alpha value is -2.77. The second-order valence-electron chi connectivity index (χ2n) is 4.26. The van der Waals surface area contributed by atoms with Gasteiger partial charge < -0.3 is 10.0 Å². The summed E-state index contributed by atoms with van der Waals surface area (Å²) in [4.78, 5) is 50.4. The van der Waals surface area contributed by atoms with Gasteiger partial charge in [-0.3, -0.25) is 24.7 Å². The number of carboxylic acids is 1. The number of imide groups is 1. The van der Waals surface area contributed by atoms with Crippen molar-refractivity contribution in [3.05, 3.63) is 29.6 Å². The highest BCUT2D eigenvalue weighted by molar-refractivity contribution is 6.06. The molecule has 3 amide bonds. The zero-order valence-corrected chi connectivity index (χ0v) is 10.5. The van der Waals surface area contributed by atoms with E-state index in [4.69, 9.17) is 5.11 Å². The van der Waals surface area contributed by atoms with Crippen molar-refractivity contribution in [3.63, 3.8) is 0 Å². The summed E-state index contributed by atoms with van der Waals surface area (Å²) < 4.78 is 0. The van der Waals surface area contributed by atoms with E-state index >= 15 is 0 Å². The number of nitrogens with zero attached hydrogens (tertiary/aromatic N) is 2.